The number of ether oxygens (including phenoxy) is 1. The maximum Gasteiger partial charge on any atom is 0.319 e. The number of hydrogen-bond acceptors (Lipinski definition) is 3. The summed E-state index contributed by atoms with van der Waals surface area (Å²) in [5, 5.41) is 14.1. The molecule has 1 rings (SSSR count). The van der Waals surface area contributed by atoms with Crippen LogP contribution in [0.2, 0.25) is 0 Å². The van der Waals surface area contributed by atoms with Gasteiger partial charge in [0.15, 0.2) is 0 Å². The fourth-order valence-corrected chi connectivity index (χ4v) is 1.34. The van der Waals surface area contributed by atoms with E-state index in [0.29, 0.717) is 12.3 Å². The zero-order valence-corrected chi connectivity index (χ0v) is 10.1. The summed E-state index contributed by atoms with van der Waals surface area (Å²) < 4.78 is 5.01. The van der Waals surface area contributed by atoms with E-state index in [2.05, 4.69) is 10.6 Å². The number of benzene rings is 1. The number of aliphatic hydroxyl groups excluding tert-OH is 1. The van der Waals surface area contributed by atoms with Crippen molar-refractivity contribution in [1.29, 1.82) is 0 Å². The smallest absolute Gasteiger partial charge is 0.319 e. The van der Waals surface area contributed by atoms with Gasteiger partial charge in [-0.3, -0.25) is 0 Å². The van der Waals surface area contributed by atoms with Crippen LogP contribution in [-0.4, -0.2) is 30.9 Å². The fourth-order valence-electron chi connectivity index (χ4n) is 1.34. The molecule has 2 amide bonds. The minimum atomic E-state index is -0.332. The molecule has 94 valence electrons. The summed E-state index contributed by atoms with van der Waals surface area (Å²) in [6.07, 6.45) is 0. The zero-order chi connectivity index (χ0) is 12.7. The Labute approximate surface area is 101 Å². The highest BCUT2D eigenvalue weighted by Gasteiger charge is 2.06. The van der Waals surface area contributed by atoms with Gasteiger partial charge in [0, 0.05) is 12.8 Å². The topological polar surface area (TPSA) is 70.6 Å². The Balaban J connectivity index is 2.55. The molecule has 0 aliphatic rings. The number of rotatable bonds is 5. The first-order chi connectivity index (χ1) is 8.15. The van der Waals surface area contributed by atoms with Crippen LogP contribution in [0.3, 0.4) is 0 Å². The van der Waals surface area contributed by atoms with Crippen molar-refractivity contribution in [2.75, 3.05) is 19.0 Å². The molecule has 0 spiro atoms. The van der Waals surface area contributed by atoms with Crippen LogP contribution in [0.25, 0.3) is 0 Å². The standard InChI is InChI=1S/C12H18N2O3/c1-9(7-15)13-12(16)14-11-5-3-4-10(6-11)8-17-2/h3-6,9,15H,7-8H2,1-2H3,(H2,13,14,16)/t9-/m0/s1. The van der Waals surface area contributed by atoms with Crippen LogP contribution in [0.4, 0.5) is 10.5 Å². The Kier molecular flexibility index (Phi) is 5.45. The molecular weight excluding hydrogens is 220 g/mol. The monoisotopic (exact) mass is 238 g/mol. The van der Waals surface area contributed by atoms with Crippen LogP contribution < -0.4 is 10.6 Å². The molecule has 1 atom stereocenters. The van der Waals surface area contributed by atoms with Crippen LogP contribution in [0.1, 0.15) is 12.5 Å². The number of nitrogens with one attached hydrogen (secondary N) is 2. The average molecular weight is 238 g/mol. The average Bonchev–Trinajstić information content (AvgIpc) is 2.29. The highest BCUT2D eigenvalue weighted by atomic mass is 16.5. The molecule has 0 aliphatic heterocycles. The van der Waals surface area contributed by atoms with Gasteiger partial charge in [-0.15, -0.1) is 0 Å². The number of methoxy groups -OCH3 is 1. The van der Waals surface area contributed by atoms with Crippen LogP contribution >= 0.6 is 0 Å². The van der Waals surface area contributed by atoms with E-state index in [9.17, 15) is 4.79 Å². The number of amides is 2. The Hall–Kier alpha value is -1.59. The van der Waals surface area contributed by atoms with Crippen molar-refractivity contribution < 1.29 is 14.6 Å². The third-order valence-corrected chi connectivity index (χ3v) is 2.15. The summed E-state index contributed by atoms with van der Waals surface area (Å²) >= 11 is 0. The normalized spacial score (nSPS) is 11.9. The first-order valence-corrected chi connectivity index (χ1v) is 5.42. The molecule has 0 heterocycles. The Bertz CT molecular complexity index is 369. The summed E-state index contributed by atoms with van der Waals surface area (Å²) in [6, 6.07) is 6.80. The van der Waals surface area contributed by atoms with E-state index in [1.54, 1.807) is 20.1 Å². The van der Waals surface area contributed by atoms with Crippen LogP contribution in [0.5, 0.6) is 0 Å². The molecule has 1 aromatic rings. The molecule has 5 nitrogen and oxygen atoms in total. The quantitative estimate of drug-likeness (QED) is 0.725. The number of carbonyl (C=O) groups is 1. The lowest BCUT2D eigenvalue weighted by atomic mass is 10.2. The Morgan fingerprint density at radius 3 is 2.94 bits per heavy atom. The molecule has 5 heteroatoms. The molecule has 0 saturated heterocycles. The minimum absolute atomic E-state index is 0.0862. The molecule has 0 unspecified atom stereocenters. The highest BCUT2D eigenvalue weighted by molar-refractivity contribution is 5.89. The summed E-state index contributed by atoms with van der Waals surface area (Å²) in [4.78, 5) is 11.5. The molecule has 0 saturated carbocycles. The van der Waals surface area contributed by atoms with Gasteiger partial charge >= 0.3 is 6.03 Å². The summed E-state index contributed by atoms with van der Waals surface area (Å²) in [6.45, 7) is 2.14. The van der Waals surface area contributed by atoms with Gasteiger partial charge in [0.25, 0.3) is 0 Å². The number of hydrogen-bond donors (Lipinski definition) is 3. The second-order valence-electron chi connectivity index (χ2n) is 3.82. The highest BCUT2D eigenvalue weighted by Crippen LogP contribution is 2.11. The predicted molar refractivity (Wildman–Crippen MR) is 65.9 cm³/mol. The SMILES string of the molecule is COCc1cccc(NC(=O)N[C@@H](C)CO)c1. The molecule has 3 N–H and O–H groups in total. The molecule has 1 aromatic carbocycles. The van der Waals surface area contributed by atoms with Crippen molar-refractivity contribution in [3.63, 3.8) is 0 Å². The number of anilines is 1. The maximum absolute atomic E-state index is 11.5. The van der Waals surface area contributed by atoms with Gasteiger partial charge in [-0.2, -0.15) is 0 Å². The van der Waals surface area contributed by atoms with E-state index in [1.807, 2.05) is 18.2 Å². The predicted octanol–water partition coefficient (Wildman–Crippen LogP) is 1.34. The van der Waals surface area contributed by atoms with E-state index < -0.39 is 0 Å². The lowest BCUT2D eigenvalue weighted by molar-refractivity contribution is 0.185. The van der Waals surface area contributed by atoms with Gasteiger partial charge in [-0.1, -0.05) is 12.1 Å². The first kappa shape index (κ1) is 13.5. The van der Waals surface area contributed by atoms with E-state index in [0.717, 1.165) is 5.56 Å². The summed E-state index contributed by atoms with van der Waals surface area (Å²) in [7, 11) is 1.62. The molecule has 0 aromatic heterocycles. The van der Waals surface area contributed by atoms with E-state index in [-0.39, 0.29) is 18.7 Å². The second-order valence-corrected chi connectivity index (χ2v) is 3.82. The van der Waals surface area contributed by atoms with Gasteiger partial charge in [-0.05, 0) is 24.6 Å². The molecule has 0 bridgehead atoms. The largest absolute Gasteiger partial charge is 0.394 e. The third kappa shape index (κ3) is 4.84. The molecule has 0 aliphatic carbocycles. The second kappa shape index (κ2) is 6.88. The molecule has 0 radical (unpaired) electrons. The van der Waals surface area contributed by atoms with Gasteiger partial charge in [-0.25, -0.2) is 4.79 Å². The van der Waals surface area contributed by atoms with E-state index in [1.165, 1.54) is 0 Å². The fraction of sp³-hybridized carbons (Fsp3) is 0.417. The molecule has 0 fully saturated rings. The van der Waals surface area contributed by atoms with Crippen molar-refractivity contribution in [3.8, 4) is 0 Å². The number of aliphatic hydroxyl groups is 1. The third-order valence-electron chi connectivity index (χ3n) is 2.15. The van der Waals surface area contributed by atoms with Crippen LogP contribution in [0.15, 0.2) is 24.3 Å². The van der Waals surface area contributed by atoms with Gasteiger partial charge in [0.2, 0.25) is 0 Å². The zero-order valence-electron chi connectivity index (χ0n) is 10.1. The van der Waals surface area contributed by atoms with Crippen molar-refractivity contribution in [1.82, 2.24) is 5.32 Å². The van der Waals surface area contributed by atoms with Crippen molar-refractivity contribution in [2.45, 2.75) is 19.6 Å². The molecular formula is C12H18N2O3. The minimum Gasteiger partial charge on any atom is -0.394 e. The van der Waals surface area contributed by atoms with E-state index in [4.69, 9.17) is 9.84 Å². The van der Waals surface area contributed by atoms with Crippen molar-refractivity contribution in [2.24, 2.45) is 0 Å². The Morgan fingerprint density at radius 2 is 2.29 bits per heavy atom. The number of carbonyl (C=O) groups excluding carboxylic acids is 1. The van der Waals surface area contributed by atoms with Crippen molar-refractivity contribution >= 4 is 11.7 Å². The van der Waals surface area contributed by atoms with Gasteiger partial charge < -0.3 is 20.5 Å². The Morgan fingerprint density at radius 1 is 1.53 bits per heavy atom. The van der Waals surface area contributed by atoms with Gasteiger partial charge in [0.1, 0.15) is 0 Å². The lowest BCUT2D eigenvalue weighted by Gasteiger charge is -2.12. The molecule has 17 heavy (non-hydrogen) atoms. The maximum atomic E-state index is 11.5. The van der Waals surface area contributed by atoms with Crippen LogP contribution in [-0.2, 0) is 11.3 Å². The number of urea groups is 1. The summed E-state index contributed by atoms with van der Waals surface area (Å²) in [5.74, 6) is 0. The summed E-state index contributed by atoms with van der Waals surface area (Å²) in [5.41, 5.74) is 1.68. The first-order valence-electron chi connectivity index (χ1n) is 5.42. The lowest BCUT2D eigenvalue weighted by Crippen LogP contribution is -2.38. The van der Waals surface area contributed by atoms with Crippen LogP contribution in [0, 0.1) is 0 Å². The van der Waals surface area contributed by atoms with Crippen molar-refractivity contribution in [3.05, 3.63) is 29.8 Å². The van der Waals surface area contributed by atoms with E-state index >= 15 is 0 Å². The van der Waals surface area contributed by atoms with Gasteiger partial charge in [0.05, 0.1) is 19.3 Å².